The van der Waals surface area contributed by atoms with Gasteiger partial charge in [0.05, 0.1) is 6.61 Å². The SMILES string of the molecule is CN=C(NCCSc1ccccc1)NCc1cccc(OCCCOC)c1.I. The second kappa shape index (κ2) is 15.5. The van der Waals surface area contributed by atoms with Gasteiger partial charge in [-0.3, -0.25) is 4.99 Å². The molecular weight excluding hydrogens is 485 g/mol. The fourth-order valence-corrected chi connectivity index (χ4v) is 3.19. The van der Waals surface area contributed by atoms with Crippen LogP contribution in [-0.2, 0) is 11.3 Å². The molecule has 154 valence electrons. The molecule has 0 saturated heterocycles. The molecule has 0 bridgehead atoms. The summed E-state index contributed by atoms with van der Waals surface area (Å²) in [4.78, 5) is 5.56. The Balaban J connectivity index is 0.00000392. The van der Waals surface area contributed by atoms with Gasteiger partial charge >= 0.3 is 0 Å². The lowest BCUT2D eigenvalue weighted by molar-refractivity contribution is 0.172. The molecule has 0 radical (unpaired) electrons. The molecule has 0 saturated carbocycles. The summed E-state index contributed by atoms with van der Waals surface area (Å²) in [5, 5.41) is 6.69. The quantitative estimate of drug-likeness (QED) is 0.155. The van der Waals surface area contributed by atoms with Crippen LogP contribution in [0.4, 0.5) is 0 Å². The van der Waals surface area contributed by atoms with Gasteiger partial charge in [-0.25, -0.2) is 0 Å². The molecule has 0 aliphatic heterocycles. The number of hydrogen-bond donors (Lipinski definition) is 2. The van der Waals surface area contributed by atoms with Crippen molar-refractivity contribution in [1.29, 1.82) is 0 Å². The number of nitrogens with one attached hydrogen (secondary N) is 2. The third-order valence-electron chi connectivity index (χ3n) is 3.75. The van der Waals surface area contributed by atoms with Crippen LogP contribution in [-0.4, -0.2) is 45.6 Å². The van der Waals surface area contributed by atoms with Crippen LogP contribution in [0.15, 0.2) is 64.5 Å². The summed E-state index contributed by atoms with van der Waals surface area (Å²) >= 11 is 1.83. The number of benzene rings is 2. The lowest BCUT2D eigenvalue weighted by Gasteiger charge is -2.13. The summed E-state index contributed by atoms with van der Waals surface area (Å²) in [6.45, 7) is 2.92. The van der Waals surface area contributed by atoms with Crippen LogP contribution in [0.5, 0.6) is 5.75 Å². The van der Waals surface area contributed by atoms with E-state index in [1.54, 1.807) is 14.2 Å². The number of halogens is 1. The first-order valence-corrected chi connectivity index (χ1v) is 10.1. The maximum atomic E-state index is 5.75. The van der Waals surface area contributed by atoms with Crippen molar-refractivity contribution in [2.75, 3.05) is 39.7 Å². The smallest absolute Gasteiger partial charge is 0.191 e. The summed E-state index contributed by atoms with van der Waals surface area (Å²) in [5.74, 6) is 2.66. The van der Waals surface area contributed by atoms with Gasteiger partial charge in [-0.1, -0.05) is 30.3 Å². The van der Waals surface area contributed by atoms with Crippen LogP contribution in [0.1, 0.15) is 12.0 Å². The Morgan fingerprint density at radius 2 is 1.86 bits per heavy atom. The van der Waals surface area contributed by atoms with E-state index in [0.29, 0.717) is 19.8 Å². The molecule has 2 aromatic rings. The van der Waals surface area contributed by atoms with Crippen LogP contribution in [0.25, 0.3) is 0 Å². The second-order valence-electron chi connectivity index (χ2n) is 5.86. The highest BCUT2D eigenvalue weighted by Gasteiger charge is 2.01. The predicted molar refractivity (Wildman–Crippen MR) is 129 cm³/mol. The number of guanidine groups is 1. The fraction of sp³-hybridized carbons (Fsp3) is 0.381. The topological polar surface area (TPSA) is 54.9 Å². The summed E-state index contributed by atoms with van der Waals surface area (Å²) in [6, 6.07) is 18.5. The van der Waals surface area contributed by atoms with Crippen molar-refractivity contribution in [2.45, 2.75) is 17.9 Å². The normalized spacial score (nSPS) is 10.9. The minimum atomic E-state index is 0. The monoisotopic (exact) mass is 515 g/mol. The minimum absolute atomic E-state index is 0. The molecule has 2 aromatic carbocycles. The number of ether oxygens (including phenoxy) is 2. The average Bonchev–Trinajstić information content (AvgIpc) is 2.72. The highest BCUT2D eigenvalue weighted by atomic mass is 127. The molecule has 28 heavy (non-hydrogen) atoms. The Morgan fingerprint density at radius 1 is 1.04 bits per heavy atom. The largest absolute Gasteiger partial charge is 0.493 e. The molecule has 2 rings (SSSR count). The van der Waals surface area contributed by atoms with Crippen molar-refractivity contribution in [1.82, 2.24) is 10.6 Å². The zero-order chi connectivity index (χ0) is 19.2. The predicted octanol–water partition coefficient (Wildman–Crippen LogP) is 4.18. The van der Waals surface area contributed by atoms with Crippen molar-refractivity contribution in [3.8, 4) is 5.75 Å². The Hall–Kier alpha value is -1.45. The van der Waals surface area contributed by atoms with Crippen LogP contribution >= 0.6 is 35.7 Å². The number of rotatable bonds is 11. The molecule has 7 heteroatoms. The first kappa shape index (κ1) is 24.6. The Labute approximate surface area is 189 Å². The van der Waals surface area contributed by atoms with Crippen molar-refractivity contribution >= 4 is 41.7 Å². The standard InChI is InChI=1S/C21H29N3O2S.HI/c1-22-21(23-12-15-27-20-10-4-3-5-11-20)24-17-18-8-6-9-19(16-18)26-14-7-13-25-2;/h3-6,8-11,16H,7,12-15,17H2,1-2H3,(H2,22,23,24);1H. The maximum Gasteiger partial charge on any atom is 0.191 e. The van der Waals surface area contributed by atoms with Crippen molar-refractivity contribution in [3.05, 3.63) is 60.2 Å². The van der Waals surface area contributed by atoms with Gasteiger partial charge in [0.15, 0.2) is 5.96 Å². The van der Waals surface area contributed by atoms with Crippen molar-refractivity contribution in [3.63, 3.8) is 0 Å². The van der Waals surface area contributed by atoms with Crippen LogP contribution in [0.3, 0.4) is 0 Å². The van der Waals surface area contributed by atoms with E-state index in [0.717, 1.165) is 36.0 Å². The van der Waals surface area contributed by atoms with Gasteiger partial charge in [0.1, 0.15) is 5.75 Å². The van der Waals surface area contributed by atoms with E-state index >= 15 is 0 Å². The van der Waals surface area contributed by atoms with Crippen LogP contribution < -0.4 is 15.4 Å². The van der Waals surface area contributed by atoms with Crippen molar-refractivity contribution < 1.29 is 9.47 Å². The summed E-state index contributed by atoms with van der Waals surface area (Å²) < 4.78 is 10.8. The number of thioether (sulfide) groups is 1. The second-order valence-corrected chi connectivity index (χ2v) is 7.02. The fourth-order valence-electron chi connectivity index (χ4n) is 2.40. The van der Waals surface area contributed by atoms with Gasteiger partial charge in [-0.15, -0.1) is 35.7 Å². The molecule has 0 aliphatic rings. The molecule has 0 unspecified atom stereocenters. The van der Waals surface area contributed by atoms with E-state index in [2.05, 4.69) is 52.0 Å². The van der Waals surface area contributed by atoms with Crippen molar-refractivity contribution in [2.24, 2.45) is 4.99 Å². The minimum Gasteiger partial charge on any atom is -0.493 e. The van der Waals surface area contributed by atoms with Gasteiger partial charge in [0, 0.05) is 50.9 Å². The third kappa shape index (κ3) is 10.2. The highest BCUT2D eigenvalue weighted by Crippen LogP contribution is 2.16. The van der Waals surface area contributed by atoms with E-state index in [1.165, 1.54) is 4.90 Å². The Bertz CT molecular complexity index is 686. The number of hydrogen-bond acceptors (Lipinski definition) is 4. The number of methoxy groups -OCH3 is 1. The maximum absolute atomic E-state index is 5.75. The average molecular weight is 515 g/mol. The van der Waals surface area contributed by atoms with Gasteiger partial charge in [-0.2, -0.15) is 0 Å². The Morgan fingerprint density at radius 3 is 2.61 bits per heavy atom. The zero-order valence-corrected chi connectivity index (χ0v) is 19.7. The molecule has 0 fully saturated rings. The lowest BCUT2D eigenvalue weighted by Crippen LogP contribution is -2.37. The summed E-state index contributed by atoms with van der Waals surface area (Å²) in [5.41, 5.74) is 1.15. The number of nitrogens with zero attached hydrogens (tertiary/aromatic N) is 1. The molecule has 0 heterocycles. The van der Waals surface area contributed by atoms with E-state index in [1.807, 2.05) is 30.0 Å². The first-order chi connectivity index (χ1) is 13.3. The molecule has 0 atom stereocenters. The summed E-state index contributed by atoms with van der Waals surface area (Å²) in [7, 11) is 3.49. The molecule has 0 aliphatic carbocycles. The third-order valence-corrected chi connectivity index (χ3v) is 4.76. The van der Waals surface area contributed by atoms with Gasteiger partial charge in [0.25, 0.3) is 0 Å². The molecule has 0 amide bonds. The number of aliphatic imine (C=N–C) groups is 1. The zero-order valence-electron chi connectivity index (χ0n) is 16.5. The first-order valence-electron chi connectivity index (χ1n) is 9.15. The summed E-state index contributed by atoms with van der Waals surface area (Å²) in [6.07, 6.45) is 0.885. The molecule has 0 aromatic heterocycles. The van der Waals surface area contributed by atoms with Gasteiger partial charge < -0.3 is 20.1 Å². The van der Waals surface area contributed by atoms with E-state index in [4.69, 9.17) is 9.47 Å². The highest BCUT2D eigenvalue weighted by molar-refractivity contribution is 14.0. The van der Waals surface area contributed by atoms with Gasteiger partial charge in [0.2, 0.25) is 0 Å². The van der Waals surface area contributed by atoms with Crippen LogP contribution in [0, 0.1) is 0 Å². The lowest BCUT2D eigenvalue weighted by atomic mass is 10.2. The molecular formula is C21H30IN3O2S. The van der Waals surface area contributed by atoms with Crippen LogP contribution in [0.2, 0.25) is 0 Å². The Kier molecular flexibility index (Phi) is 13.6. The van der Waals surface area contributed by atoms with Gasteiger partial charge in [-0.05, 0) is 29.8 Å². The van der Waals surface area contributed by atoms with E-state index in [9.17, 15) is 0 Å². The molecule has 0 spiro atoms. The van der Waals surface area contributed by atoms with E-state index < -0.39 is 0 Å². The molecule has 2 N–H and O–H groups in total. The molecule has 5 nitrogen and oxygen atoms in total. The van der Waals surface area contributed by atoms with E-state index in [-0.39, 0.29) is 24.0 Å².